The van der Waals surface area contributed by atoms with Crippen LogP contribution in [-0.4, -0.2) is 18.6 Å². The molecule has 1 heterocycles. The Bertz CT molecular complexity index is 582. The summed E-state index contributed by atoms with van der Waals surface area (Å²) in [5.74, 6) is 0.990. The van der Waals surface area contributed by atoms with E-state index in [0.717, 1.165) is 29.6 Å². The molecule has 1 N–H and O–H groups in total. The largest absolute Gasteiger partial charge is 0.497 e. The standard InChI is InChI=1S/C15H15F3N2O/c1-21-13-4-2-11(3-5-13)6-8-19-14-10-12(7-9-20-14)15(16,17)18/h2-5,7,9-10H,6,8H2,1H3,(H,19,20). The lowest BCUT2D eigenvalue weighted by molar-refractivity contribution is -0.137. The van der Waals surface area contributed by atoms with Gasteiger partial charge in [-0.1, -0.05) is 12.1 Å². The Hall–Kier alpha value is -2.24. The number of nitrogens with zero attached hydrogens (tertiary/aromatic N) is 1. The minimum atomic E-state index is -4.35. The van der Waals surface area contributed by atoms with Crippen molar-refractivity contribution in [1.82, 2.24) is 4.98 Å². The molecule has 2 aromatic rings. The number of benzene rings is 1. The van der Waals surface area contributed by atoms with Gasteiger partial charge in [0.05, 0.1) is 12.7 Å². The van der Waals surface area contributed by atoms with Crippen LogP contribution in [0, 0.1) is 0 Å². The molecule has 6 heteroatoms. The van der Waals surface area contributed by atoms with E-state index in [1.807, 2.05) is 24.3 Å². The minimum absolute atomic E-state index is 0.221. The molecule has 0 atom stereocenters. The Morgan fingerprint density at radius 1 is 1.14 bits per heavy atom. The van der Waals surface area contributed by atoms with E-state index in [-0.39, 0.29) is 5.82 Å². The van der Waals surface area contributed by atoms with Crippen LogP contribution >= 0.6 is 0 Å². The Balaban J connectivity index is 1.91. The average molecular weight is 296 g/mol. The molecule has 1 aromatic carbocycles. The predicted octanol–water partition coefficient (Wildman–Crippen LogP) is 3.76. The quantitative estimate of drug-likeness (QED) is 0.912. The first-order chi connectivity index (χ1) is 9.99. The number of alkyl halides is 3. The zero-order valence-electron chi connectivity index (χ0n) is 11.4. The number of hydrogen-bond acceptors (Lipinski definition) is 3. The van der Waals surface area contributed by atoms with Crippen molar-refractivity contribution in [3.05, 3.63) is 53.7 Å². The first-order valence-corrected chi connectivity index (χ1v) is 6.39. The zero-order chi connectivity index (χ0) is 15.3. The summed E-state index contributed by atoms with van der Waals surface area (Å²) < 4.78 is 42.7. The lowest BCUT2D eigenvalue weighted by atomic mass is 10.1. The van der Waals surface area contributed by atoms with Crippen LogP contribution in [0.2, 0.25) is 0 Å². The highest BCUT2D eigenvalue weighted by atomic mass is 19.4. The Labute approximate surface area is 120 Å². The summed E-state index contributed by atoms with van der Waals surface area (Å²) in [6.07, 6.45) is -2.52. The highest BCUT2D eigenvalue weighted by Gasteiger charge is 2.30. The highest BCUT2D eigenvalue weighted by Crippen LogP contribution is 2.29. The van der Waals surface area contributed by atoms with Crippen molar-refractivity contribution >= 4 is 5.82 Å². The molecular weight excluding hydrogens is 281 g/mol. The lowest BCUT2D eigenvalue weighted by Gasteiger charge is -2.10. The third kappa shape index (κ3) is 4.37. The van der Waals surface area contributed by atoms with Crippen LogP contribution < -0.4 is 10.1 Å². The van der Waals surface area contributed by atoms with E-state index in [9.17, 15) is 13.2 Å². The first kappa shape index (κ1) is 15.2. The maximum Gasteiger partial charge on any atom is 0.416 e. The summed E-state index contributed by atoms with van der Waals surface area (Å²) in [6.45, 7) is 0.501. The summed E-state index contributed by atoms with van der Waals surface area (Å²) in [5, 5.41) is 2.89. The molecular formula is C15H15F3N2O. The number of nitrogens with one attached hydrogen (secondary N) is 1. The molecule has 21 heavy (non-hydrogen) atoms. The van der Waals surface area contributed by atoms with E-state index in [1.165, 1.54) is 0 Å². The number of anilines is 1. The molecule has 0 aliphatic carbocycles. The SMILES string of the molecule is COc1ccc(CCNc2cc(C(F)(F)F)ccn2)cc1. The Kier molecular flexibility index (Phi) is 4.67. The van der Waals surface area contributed by atoms with Crippen molar-refractivity contribution in [2.24, 2.45) is 0 Å². The maximum atomic E-state index is 12.6. The second-order valence-corrected chi connectivity index (χ2v) is 4.45. The van der Waals surface area contributed by atoms with Crippen LogP contribution in [0.1, 0.15) is 11.1 Å². The second kappa shape index (κ2) is 6.47. The second-order valence-electron chi connectivity index (χ2n) is 4.45. The van der Waals surface area contributed by atoms with Gasteiger partial charge >= 0.3 is 6.18 Å². The van der Waals surface area contributed by atoms with E-state index in [1.54, 1.807) is 7.11 Å². The monoisotopic (exact) mass is 296 g/mol. The van der Waals surface area contributed by atoms with Crippen LogP contribution in [-0.2, 0) is 12.6 Å². The minimum Gasteiger partial charge on any atom is -0.497 e. The van der Waals surface area contributed by atoms with Crippen LogP contribution in [0.4, 0.5) is 19.0 Å². The molecule has 2 rings (SSSR count). The summed E-state index contributed by atoms with van der Waals surface area (Å²) in [4.78, 5) is 3.88. The van der Waals surface area contributed by atoms with E-state index in [4.69, 9.17) is 4.74 Å². The Morgan fingerprint density at radius 3 is 2.48 bits per heavy atom. The van der Waals surface area contributed by atoms with E-state index in [0.29, 0.717) is 13.0 Å². The van der Waals surface area contributed by atoms with Crippen LogP contribution in [0.3, 0.4) is 0 Å². The van der Waals surface area contributed by atoms with Gasteiger partial charge in [-0.3, -0.25) is 0 Å². The molecule has 0 spiro atoms. The van der Waals surface area contributed by atoms with Crippen molar-refractivity contribution in [3.63, 3.8) is 0 Å². The van der Waals surface area contributed by atoms with Crippen molar-refractivity contribution in [2.75, 3.05) is 19.0 Å². The number of halogens is 3. The molecule has 0 saturated heterocycles. The molecule has 112 valence electrons. The van der Waals surface area contributed by atoms with Gasteiger partial charge in [-0.2, -0.15) is 13.2 Å². The number of aromatic nitrogens is 1. The van der Waals surface area contributed by atoms with Crippen molar-refractivity contribution in [1.29, 1.82) is 0 Å². The van der Waals surface area contributed by atoms with Crippen LogP contribution in [0.25, 0.3) is 0 Å². The molecule has 0 fully saturated rings. The third-order valence-electron chi connectivity index (χ3n) is 2.97. The fraction of sp³-hybridized carbons (Fsp3) is 0.267. The third-order valence-corrected chi connectivity index (χ3v) is 2.97. The number of pyridine rings is 1. The predicted molar refractivity (Wildman–Crippen MR) is 74.4 cm³/mol. The van der Waals surface area contributed by atoms with Gasteiger partial charge in [0.25, 0.3) is 0 Å². The Morgan fingerprint density at radius 2 is 1.86 bits per heavy atom. The average Bonchev–Trinajstić information content (AvgIpc) is 2.47. The number of rotatable bonds is 5. The smallest absolute Gasteiger partial charge is 0.416 e. The number of hydrogen-bond donors (Lipinski definition) is 1. The van der Waals surface area contributed by atoms with Gasteiger partial charge in [-0.15, -0.1) is 0 Å². The van der Waals surface area contributed by atoms with Gasteiger partial charge in [0.1, 0.15) is 11.6 Å². The van der Waals surface area contributed by atoms with Gasteiger partial charge < -0.3 is 10.1 Å². The normalized spacial score (nSPS) is 11.2. The number of methoxy groups -OCH3 is 1. The lowest BCUT2D eigenvalue weighted by Crippen LogP contribution is -2.09. The van der Waals surface area contributed by atoms with Gasteiger partial charge in [0.2, 0.25) is 0 Å². The molecule has 1 aromatic heterocycles. The summed E-state index contributed by atoms with van der Waals surface area (Å²) in [6, 6.07) is 9.48. The first-order valence-electron chi connectivity index (χ1n) is 6.39. The van der Waals surface area contributed by atoms with Crippen LogP contribution in [0.15, 0.2) is 42.6 Å². The number of ether oxygens (including phenoxy) is 1. The van der Waals surface area contributed by atoms with Crippen LogP contribution in [0.5, 0.6) is 5.75 Å². The molecule has 0 aliphatic heterocycles. The molecule has 3 nitrogen and oxygen atoms in total. The fourth-order valence-electron chi connectivity index (χ4n) is 1.83. The fourth-order valence-corrected chi connectivity index (χ4v) is 1.83. The summed E-state index contributed by atoms with van der Waals surface area (Å²) in [7, 11) is 1.59. The van der Waals surface area contributed by atoms with E-state index < -0.39 is 11.7 Å². The molecule has 0 bridgehead atoms. The molecule has 0 aliphatic rings. The highest BCUT2D eigenvalue weighted by molar-refractivity contribution is 5.39. The maximum absolute atomic E-state index is 12.6. The van der Waals surface area contributed by atoms with E-state index >= 15 is 0 Å². The van der Waals surface area contributed by atoms with Gasteiger partial charge in [0.15, 0.2) is 0 Å². The topological polar surface area (TPSA) is 34.1 Å². The van der Waals surface area contributed by atoms with Gasteiger partial charge in [-0.05, 0) is 36.2 Å². The van der Waals surface area contributed by atoms with Gasteiger partial charge in [0, 0.05) is 12.7 Å². The molecule has 0 radical (unpaired) electrons. The molecule has 0 amide bonds. The van der Waals surface area contributed by atoms with E-state index in [2.05, 4.69) is 10.3 Å². The molecule has 0 saturated carbocycles. The van der Waals surface area contributed by atoms with Gasteiger partial charge in [-0.25, -0.2) is 4.98 Å². The molecule has 0 unspecified atom stereocenters. The van der Waals surface area contributed by atoms with Crippen molar-refractivity contribution < 1.29 is 17.9 Å². The summed E-state index contributed by atoms with van der Waals surface area (Å²) >= 11 is 0. The van der Waals surface area contributed by atoms with Crippen molar-refractivity contribution in [3.8, 4) is 5.75 Å². The summed E-state index contributed by atoms with van der Waals surface area (Å²) in [5.41, 5.74) is 0.361. The van der Waals surface area contributed by atoms with Crippen molar-refractivity contribution in [2.45, 2.75) is 12.6 Å². The zero-order valence-corrected chi connectivity index (χ0v) is 11.4.